The summed E-state index contributed by atoms with van der Waals surface area (Å²) in [5, 5.41) is 3.20. The van der Waals surface area contributed by atoms with E-state index in [0.29, 0.717) is 11.5 Å². The lowest BCUT2D eigenvalue weighted by Crippen LogP contribution is -2.36. The summed E-state index contributed by atoms with van der Waals surface area (Å²) in [7, 11) is 0. The number of nitrogens with one attached hydrogen (secondary N) is 1. The third kappa shape index (κ3) is 2.66. The van der Waals surface area contributed by atoms with Gasteiger partial charge in [0.15, 0.2) is 0 Å². The zero-order chi connectivity index (χ0) is 15.7. The standard InChI is InChI=1S/C17H20N4O/c1-11(2)20-16-9-14(18-10-19-16)17(22)21-12(3)8-13-6-4-5-7-15(13)21/h4-7,9-12H,8H2,1-3H3,(H,18,19,20). The molecule has 1 amide bonds. The maximum Gasteiger partial charge on any atom is 0.277 e. The number of hydrogen-bond donors (Lipinski definition) is 1. The normalized spacial score (nSPS) is 16.7. The maximum atomic E-state index is 12.9. The van der Waals surface area contributed by atoms with Crippen molar-refractivity contribution in [2.75, 3.05) is 10.2 Å². The van der Waals surface area contributed by atoms with Gasteiger partial charge in [0, 0.05) is 23.8 Å². The Labute approximate surface area is 130 Å². The summed E-state index contributed by atoms with van der Waals surface area (Å²) < 4.78 is 0. The molecule has 0 saturated carbocycles. The van der Waals surface area contributed by atoms with E-state index in [1.54, 1.807) is 6.07 Å². The molecule has 1 N–H and O–H groups in total. The van der Waals surface area contributed by atoms with Crippen LogP contribution in [0, 0.1) is 0 Å². The molecule has 0 bridgehead atoms. The molecule has 0 aliphatic carbocycles. The molecule has 1 aliphatic heterocycles. The molecule has 114 valence electrons. The van der Waals surface area contributed by atoms with Crippen LogP contribution in [0.25, 0.3) is 0 Å². The molecule has 5 heteroatoms. The second-order valence-electron chi connectivity index (χ2n) is 5.94. The Balaban J connectivity index is 1.91. The molecule has 3 rings (SSSR count). The molecule has 0 fully saturated rings. The monoisotopic (exact) mass is 296 g/mol. The van der Waals surface area contributed by atoms with Crippen molar-refractivity contribution in [1.29, 1.82) is 0 Å². The van der Waals surface area contributed by atoms with Crippen LogP contribution < -0.4 is 10.2 Å². The summed E-state index contributed by atoms with van der Waals surface area (Å²) in [6.07, 6.45) is 2.31. The van der Waals surface area contributed by atoms with Gasteiger partial charge < -0.3 is 10.2 Å². The van der Waals surface area contributed by atoms with E-state index in [1.165, 1.54) is 11.9 Å². The summed E-state index contributed by atoms with van der Waals surface area (Å²) in [6, 6.07) is 10.1. The summed E-state index contributed by atoms with van der Waals surface area (Å²) in [5.74, 6) is 0.597. The molecule has 0 saturated heterocycles. The minimum Gasteiger partial charge on any atom is -0.368 e. The highest BCUT2D eigenvalue weighted by Crippen LogP contribution is 2.32. The molecule has 1 aliphatic rings. The van der Waals surface area contributed by atoms with Crippen molar-refractivity contribution in [1.82, 2.24) is 9.97 Å². The molecule has 0 spiro atoms. The van der Waals surface area contributed by atoms with Crippen molar-refractivity contribution >= 4 is 17.4 Å². The summed E-state index contributed by atoms with van der Waals surface area (Å²) in [5.41, 5.74) is 2.61. The second-order valence-corrected chi connectivity index (χ2v) is 5.94. The van der Waals surface area contributed by atoms with Gasteiger partial charge in [-0.25, -0.2) is 9.97 Å². The number of nitrogens with zero attached hydrogens (tertiary/aromatic N) is 3. The SMILES string of the molecule is CC(C)Nc1cc(C(=O)N2c3ccccc3CC2C)ncn1. The largest absolute Gasteiger partial charge is 0.368 e. The second kappa shape index (κ2) is 5.75. The first kappa shape index (κ1) is 14.5. The highest BCUT2D eigenvalue weighted by molar-refractivity contribution is 6.06. The van der Waals surface area contributed by atoms with E-state index >= 15 is 0 Å². The van der Waals surface area contributed by atoms with E-state index in [9.17, 15) is 4.79 Å². The van der Waals surface area contributed by atoms with Crippen molar-refractivity contribution in [2.45, 2.75) is 39.3 Å². The van der Waals surface area contributed by atoms with Gasteiger partial charge in [-0.1, -0.05) is 18.2 Å². The topological polar surface area (TPSA) is 58.1 Å². The van der Waals surface area contributed by atoms with E-state index in [0.717, 1.165) is 12.1 Å². The third-order valence-corrected chi connectivity index (χ3v) is 3.75. The quantitative estimate of drug-likeness (QED) is 0.946. The summed E-state index contributed by atoms with van der Waals surface area (Å²) in [4.78, 5) is 23.0. The molecule has 1 atom stereocenters. The van der Waals surface area contributed by atoms with Crippen LogP contribution in [0.4, 0.5) is 11.5 Å². The van der Waals surface area contributed by atoms with Crippen LogP contribution in [0.5, 0.6) is 0 Å². The number of aromatic nitrogens is 2. The van der Waals surface area contributed by atoms with Crippen LogP contribution in [0.3, 0.4) is 0 Å². The molecule has 0 radical (unpaired) electrons. The van der Waals surface area contributed by atoms with Crippen LogP contribution in [0.15, 0.2) is 36.7 Å². The van der Waals surface area contributed by atoms with Gasteiger partial charge in [0.1, 0.15) is 17.8 Å². The van der Waals surface area contributed by atoms with Crippen molar-refractivity contribution in [3.05, 3.63) is 47.9 Å². The lowest BCUT2D eigenvalue weighted by molar-refractivity contribution is 0.0976. The first-order valence-corrected chi connectivity index (χ1v) is 7.56. The predicted octanol–water partition coefficient (Wildman–Crippen LogP) is 2.89. The van der Waals surface area contributed by atoms with Crippen LogP contribution in [0.2, 0.25) is 0 Å². The van der Waals surface area contributed by atoms with Crippen LogP contribution in [-0.2, 0) is 6.42 Å². The molecule has 1 aromatic heterocycles. The van der Waals surface area contributed by atoms with E-state index in [2.05, 4.69) is 28.3 Å². The minimum absolute atomic E-state index is 0.0772. The average Bonchev–Trinajstić information content (AvgIpc) is 2.82. The summed E-state index contributed by atoms with van der Waals surface area (Å²) >= 11 is 0. The number of carbonyl (C=O) groups excluding carboxylic acids is 1. The van der Waals surface area contributed by atoms with Gasteiger partial charge in [0.2, 0.25) is 0 Å². The van der Waals surface area contributed by atoms with Gasteiger partial charge in [0.05, 0.1) is 0 Å². The molecule has 22 heavy (non-hydrogen) atoms. The van der Waals surface area contributed by atoms with Crippen molar-refractivity contribution in [2.24, 2.45) is 0 Å². The first-order valence-electron chi connectivity index (χ1n) is 7.56. The van der Waals surface area contributed by atoms with Gasteiger partial charge in [-0.2, -0.15) is 0 Å². The van der Waals surface area contributed by atoms with Gasteiger partial charge in [-0.15, -0.1) is 0 Å². The summed E-state index contributed by atoms with van der Waals surface area (Å²) in [6.45, 7) is 6.12. The fourth-order valence-corrected chi connectivity index (χ4v) is 2.85. The smallest absolute Gasteiger partial charge is 0.277 e. The molecule has 2 heterocycles. The van der Waals surface area contributed by atoms with Gasteiger partial charge >= 0.3 is 0 Å². The predicted molar refractivity (Wildman–Crippen MR) is 87.2 cm³/mol. The molecule has 5 nitrogen and oxygen atoms in total. The number of carbonyl (C=O) groups is 1. The highest BCUT2D eigenvalue weighted by Gasteiger charge is 2.31. The van der Waals surface area contributed by atoms with E-state index in [-0.39, 0.29) is 18.0 Å². The number of hydrogen-bond acceptors (Lipinski definition) is 4. The number of amides is 1. The lowest BCUT2D eigenvalue weighted by atomic mass is 10.1. The Hall–Kier alpha value is -2.43. The molecule has 2 aromatic rings. The van der Waals surface area contributed by atoms with E-state index in [4.69, 9.17) is 0 Å². The van der Waals surface area contributed by atoms with Crippen LogP contribution >= 0.6 is 0 Å². The fourth-order valence-electron chi connectivity index (χ4n) is 2.85. The van der Waals surface area contributed by atoms with Gasteiger partial charge in [-0.3, -0.25) is 4.79 Å². The number of rotatable bonds is 3. The first-order chi connectivity index (χ1) is 10.6. The van der Waals surface area contributed by atoms with Crippen molar-refractivity contribution in [3.63, 3.8) is 0 Å². The molecule has 1 unspecified atom stereocenters. The molecular formula is C17H20N4O. The zero-order valence-corrected chi connectivity index (χ0v) is 13.1. The lowest BCUT2D eigenvalue weighted by Gasteiger charge is -2.22. The molecular weight excluding hydrogens is 276 g/mol. The van der Waals surface area contributed by atoms with Crippen molar-refractivity contribution in [3.8, 4) is 0 Å². The Morgan fingerprint density at radius 2 is 2.09 bits per heavy atom. The van der Waals surface area contributed by atoms with Crippen LogP contribution in [0.1, 0.15) is 36.8 Å². The number of fused-ring (bicyclic) bond motifs is 1. The average molecular weight is 296 g/mol. The number of anilines is 2. The third-order valence-electron chi connectivity index (χ3n) is 3.75. The Morgan fingerprint density at radius 1 is 1.32 bits per heavy atom. The highest BCUT2D eigenvalue weighted by atomic mass is 16.2. The maximum absolute atomic E-state index is 12.9. The van der Waals surface area contributed by atoms with Crippen LogP contribution in [-0.4, -0.2) is 28.0 Å². The van der Waals surface area contributed by atoms with Gasteiger partial charge in [0.25, 0.3) is 5.91 Å². The van der Waals surface area contributed by atoms with Gasteiger partial charge in [-0.05, 0) is 38.8 Å². The van der Waals surface area contributed by atoms with E-state index < -0.39 is 0 Å². The number of para-hydroxylation sites is 1. The van der Waals surface area contributed by atoms with E-state index in [1.807, 2.05) is 36.9 Å². The Bertz CT molecular complexity index is 699. The fraction of sp³-hybridized carbons (Fsp3) is 0.353. The Kier molecular flexibility index (Phi) is 3.79. The Morgan fingerprint density at radius 3 is 2.86 bits per heavy atom. The van der Waals surface area contributed by atoms with Crippen molar-refractivity contribution < 1.29 is 4.79 Å². The zero-order valence-electron chi connectivity index (χ0n) is 13.1. The number of benzene rings is 1. The molecule has 1 aromatic carbocycles. The minimum atomic E-state index is -0.0772.